The number of aromatic nitrogens is 2. The van der Waals surface area contributed by atoms with Crippen LogP contribution in [0.15, 0.2) is 17.2 Å². The molecule has 0 spiro atoms. The van der Waals surface area contributed by atoms with Crippen LogP contribution in [0.1, 0.15) is 66.0 Å². The molecule has 0 N–H and O–H groups in total. The van der Waals surface area contributed by atoms with Gasteiger partial charge in [0.2, 0.25) is 0 Å². The van der Waals surface area contributed by atoms with E-state index >= 15 is 0 Å². The second kappa shape index (κ2) is 9.34. The van der Waals surface area contributed by atoms with Crippen LogP contribution < -0.4 is 0 Å². The van der Waals surface area contributed by atoms with Crippen LogP contribution in [0.25, 0.3) is 0 Å². The summed E-state index contributed by atoms with van der Waals surface area (Å²) in [5, 5.41) is 4.23. The molecule has 3 aliphatic carbocycles. The lowest BCUT2D eigenvalue weighted by molar-refractivity contribution is -0.119. The molecular formula is C25H32N2O3S3. The Labute approximate surface area is 205 Å². The van der Waals surface area contributed by atoms with Gasteiger partial charge in [-0.1, -0.05) is 25.1 Å². The summed E-state index contributed by atoms with van der Waals surface area (Å²) in [5.41, 5.74) is 2.12. The fourth-order valence-electron chi connectivity index (χ4n) is 5.05. The lowest BCUT2D eigenvalue weighted by Crippen LogP contribution is -2.20. The summed E-state index contributed by atoms with van der Waals surface area (Å²) in [7, 11) is -1.45. The maximum Gasteiger partial charge on any atom is 0.179 e. The summed E-state index contributed by atoms with van der Waals surface area (Å²) in [6.45, 7) is 0. The number of sulfone groups is 1. The second-order valence-corrected chi connectivity index (χ2v) is 14.0. The van der Waals surface area contributed by atoms with Gasteiger partial charge in [-0.2, -0.15) is 5.10 Å². The molecule has 0 aliphatic heterocycles. The van der Waals surface area contributed by atoms with Crippen molar-refractivity contribution in [2.45, 2.75) is 75.5 Å². The molecule has 3 aliphatic rings. The minimum absolute atomic E-state index is 0.156. The van der Waals surface area contributed by atoms with E-state index in [9.17, 15) is 13.2 Å². The molecule has 2 heterocycles. The summed E-state index contributed by atoms with van der Waals surface area (Å²) in [6, 6.07) is 2.00. The summed E-state index contributed by atoms with van der Waals surface area (Å²) >= 11 is 7.32. The number of aryl methyl sites for hydroxylation is 2. The molecule has 2 saturated carbocycles. The number of thiophene rings is 1. The SMILES string of the molecule is Cn1nccc1CC(=S)CC1CCc2sc(CC(=O)C3CC3)c(S(=O)(=O)CCC3CC3)c2C1. The number of rotatable bonds is 11. The van der Waals surface area contributed by atoms with Gasteiger partial charge in [-0.05, 0) is 73.3 Å². The average Bonchev–Trinajstić information content (AvgIpc) is 3.68. The van der Waals surface area contributed by atoms with Crippen molar-refractivity contribution in [2.24, 2.45) is 24.8 Å². The first kappa shape index (κ1) is 23.4. The summed E-state index contributed by atoms with van der Waals surface area (Å²) in [4.78, 5) is 16.1. The molecule has 0 radical (unpaired) electrons. The number of hydrogen-bond donors (Lipinski definition) is 0. The molecule has 5 nitrogen and oxygen atoms in total. The van der Waals surface area contributed by atoms with Gasteiger partial charge in [0.25, 0.3) is 0 Å². The Morgan fingerprint density at radius 3 is 2.64 bits per heavy atom. The van der Waals surface area contributed by atoms with Crippen molar-refractivity contribution in [3.05, 3.63) is 33.3 Å². The van der Waals surface area contributed by atoms with Crippen LogP contribution in [-0.4, -0.2) is 34.6 Å². The molecule has 0 amide bonds. The lowest BCUT2D eigenvalue weighted by atomic mass is 9.84. The summed E-state index contributed by atoms with van der Waals surface area (Å²) in [5.74, 6) is 1.53. The van der Waals surface area contributed by atoms with E-state index in [1.807, 2.05) is 17.8 Å². The van der Waals surface area contributed by atoms with E-state index in [0.29, 0.717) is 23.2 Å². The molecule has 1 atom stereocenters. The number of fused-ring (bicyclic) bond motifs is 1. The molecule has 2 aromatic rings. The molecule has 1 unspecified atom stereocenters. The first-order valence-corrected chi connectivity index (χ1v) is 15.1. The van der Waals surface area contributed by atoms with Crippen LogP contribution >= 0.6 is 23.6 Å². The third kappa shape index (κ3) is 5.49. The highest BCUT2D eigenvalue weighted by molar-refractivity contribution is 7.91. The number of ketones is 1. The minimum atomic E-state index is -3.38. The van der Waals surface area contributed by atoms with Crippen molar-refractivity contribution in [1.29, 1.82) is 0 Å². The lowest BCUT2D eigenvalue weighted by Gasteiger charge is -2.23. The van der Waals surface area contributed by atoms with E-state index in [1.54, 1.807) is 17.5 Å². The number of thiocarbonyl (C=S) groups is 1. The number of Topliss-reactive ketones (excluding diaryl/α,β-unsaturated/α-hetero) is 1. The number of carbonyl (C=O) groups is 1. The van der Waals surface area contributed by atoms with E-state index in [0.717, 1.165) is 85.2 Å². The van der Waals surface area contributed by atoms with Crippen molar-refractivity contribution >= 4 is 44.0 Å². The van der Waals surface area contributed by atoms with Gasteiger partial charge in [-0.25, -0.2) is 8.42 Å². The topological polar surface area (TPSA) is 69.0 Å². The molecule has 2 fully saturated rings. The van der Waals surface area contributed by atoms with Crippen molar-refractivity contribution in [3.63, 3.8) is 0 Å². The first-order valence-electron chi connectivity index (χ1n) is 12.2. The van der Waals surface area contributed by atoms with Crippen LogP contribution in [0, 0.1) is 17.8 Å². The van der Waals surface area contributed by atoms with Crippen molar-refractivity contribution < 1.29 is 13.2 Å². The van der Waals surface area contributed by atoms with Gasteiger partial charge in [0.15, 0.2) is 9.84 Å². The van der Waals surface area contributed by atoms with Crippen molar-refractivity contribution in [2.75, 3.05) is 5.75 Å². The van der Waals surface area contributed by atoms with Gasteiger partial charge in [-0.3, -0.25) is 9.48 Å². The summed E-state index contributed by atoms with van der Waals surface area (Å²) < 4.78 is 28.9. The van der Waals surface area contributed by atoms with E-state index in [1.165, 1.54) is 4.88 Å². The number of carbonyl (C=O) groups excluding carboxylic acids is 1. The Morgan fingerprint density at radius 1 is 1.18 bits per heavy atom. The Bertz CT molecular complexity index is 1170. The molecule has 0 aromatic carbocycles. The Morgan fingerprint density at radius 2 is 1.97 bits per heavy atom. The Hall–Kier alpha value is -1.38. The highest BCUT2D eigenvalue weighted by Gasteiger charge is 2.36. The largest absolute Gasteiger partial charge is 0.299 e. The highest BCUT2D eigenvalue weighted by atomic mass is 32.2. The normalized spacial score (nSPS) is 20.6. The molecule has 2 aromatic heterocycles. The first-order chi connectivity index (χ1) is 15.8. The Balaban J connectivity index is 1.36. The van der Waals surface area contributed by atoms with Gasteiger partial charge in [0.1, 0.15) is 5.78 Å². The van der Waals surface area contributed by atoms with Gasteiger partial charge >= 0.3 is 0 Å². The maximum absolute atomic E-state index is 13.5. The van der Waals surface area contributed by atoms with Crippen LogP contribution in [0.3, 0.4) is 0 Å². The molecule has 178 valence electrons. The summed E-state index contributed by atoms with van der Waals surface area (Å²) in [6.07, 6.45) is 11.3. The highest BCUT2D eigenvalue weighted by Crippen LogP contribution is 2.43. The molecule has 33 heavy (non-hydrogen) atoms. The van der Waals surface area contributed by atoms with Crippen LogP contribution in [0.5, 0.6) is 0 Å². The average molecular weight is 505 g/mol. The monoisotopic (exact) mass is 504 g/mol. The van der Waals surface area contributed by atoms with Crippen molar-refractivity contribution in [3.8, 4) is 0 Å². The number of nitrogens with zero attached hydrogens (tertiary/aromatic N) is 2. The molecule has 0 bridgehead atoms. The van der Waals surface area contributed by atoms with Crippen LogP contribution in [-0.2, 0) is 47.4 Å². The maximum atomic E-state index is 13.5. The van der Waals surface area contributed by atoms with Crippen LogP contribution in [0.4, 0.5) is 0 Å². The molecule has 0 saturated heterocycles. The van der Waals surface area contributed by atoms with E-state index in [-0.39, 0.29) is 17.5 Å². The van der Waals surface area contributed by atoms with Gasteiger partial charge in [0, 0.05) is 47.5 Å². The quantitative estimate of drug-likeness (QED) is 0.416. The van der Waals surface area contributed by atoms with Gasteiger partial charge < -0.3 is 0 Å². The molecular weight excluding hydrogens is 472 g/mol. The van der Waals surface area contributed by atoms with E-state index in [2.05, 4.69) is 5.10 Å². The molecule has 5 rings (SSSR count). The second-order valence-electron chi connectivity index (χ2n) is 10.2. The minimum Gasteiger partial charge on any atom is -0.299 e. The fraction of sp³-hybridized carbons (Fsp3) is 0.640. The third-order valence-electron chi connectivity index (χ3n) is 7.37. The van der Waals surface area contributed by atoms with E-state index in [4.69, 9.17) is 12.2 Å². The Kier molecular flexibility index (Phi) is 6.62. The predicted octanol–water partition coefficient (Wildman–Crippen LogP) is 4.68. The third-order valence-corrected chi connectivity index (χ3v) is 11.0. The zero-order valence-corrected chi connectivity index (χ0v) is 21.7. The molecule has 8 heteroatoms. The predicted molar refractivity (Wildman–Crippen MR) is 135 cm³/mol. The fourth-order valence-corrected chi connectivity index (χ4v) is 9.11. The van der Waals surface area contributed by atoms with Gasteiger partial charge in [0.05, 0.1) is 10.6 Å². The van der Waals surface area contributed by atoms with E-state index < -0.39 is 9.84 Å². The van der Waals surface area contributed by atoms with Crippen LogP contribution in [0.2, 0.25) is 0 Å². The zero-order valence-electron chi connectivity index (χ0n) is 19.2. The standard InChI is InChI=1S/C25H32N2O3S3/c1-27-19(8-10-26-27)14-20(31)12-17-4-7-23-21(13-17)25(33(29,30)11-9-16-2-3-16)24(32-23)15-22(28)18-5-6-18/h8,10,16-18H,2-7,9,11-15H2,1H3. The van der Waals surface area contributed by atoms with Crippen molar-refractivity contribution in [1.82, 2.24) is 9.78 Å². The zero-order chi connectivity index (χ0) is 23.2. The smallest absolute Gasteiger partial charge is 0.179 e. The van der Waals surface area contributed by atoms with Gasteiger partial charge in [-0.15, -0.1) is 11.3 Å². The number of hydrogen-bond acceptors (Lipinski definition) is 6.